The molecule has 0 aliphatic carbocycles. The molecule has 0 spiro atoms. The summed E-state index contributed by atoms with van der Waals surface area (Å²) < 4.78 is 0. The monoisotopic (exact) mass is 299 g/mol. The first-order valence-corrected chi connectivity index (χ1v) is 7.28. The molecule has 4 N–H and O–H groups in total. The summed E-state index contributed by atoms with van der Waals surface area (Å²) in [6.45, 7) is 2.05. The number of nitrogens with two attached hydrogens (primary N) is 1. The molecular weight excluding hydrogens is 282 g/mol. The van der Waals surface area contributed by atoms with Crippen molar-refractivity contribution in [3.63, 3.8) is 0 Å². The third kappa shape index (κ3) is 2.40. The molecule has 8 heteroatoms. The number of carbonyl (C=O) groups excluding carboxylic acids is 1. The predicted octanol–water partition coefficient (Wildman–Crippen LogP) is -0.386. The maximum atomic E-state index is 11.9. The molecule has 0 saturated carbocycles. The Morgan fingerprint density at radius 1 is 1.70 bits per heavy atom. The number of aliphatic carboxylic acids is 1. The highest BCUT2D eigenvalue weighted by Gasteiger charge is 2.56. The van der Waals surface area contributed by atoms with Crippen LogP contribution < -0.4 is 5.73 Å². The molecule has 2 aliphatic heterocycles. The molecule has 0 radical (unpaired) electrons. The summed E-state index contributed by atoms with van der Waals surface area (Å²) >= 11 is 1.38. The molecule has 2 rings (SSSR count). The lowest BCUT2D eigenvalue weighted by molar-refractivity contribution is -0.161. The van der Waals surface area contributed by atoms with Crippen molar-refractivity contribution in [1.29, 1.82) is 0 Å². The van der Waals surface area contributed by atoms with Gasteiger partial charge >= 0.3 is 5.97 Å². The molecule has 2 heterocycles. The van der Waals surface area contributed by atoms with Crippen LogP contribution in [0.15, 0.2) is 15.6 Å². The van der Waals surface area contributed by atoms with E-state index in [9.17, 15) is 19.8 Å². The maximum absolute atomic E-state index is 11.9. The number of carboxylic acid groups (broad SMARTS) is 1. The highest BCUT2D eigenvalue weighted by atomic mass is 32.2. The number of carbonyl (C=O) groups is 2. The second-order valence-corrected chi connectivity index (χ2v) is 5.92. The van der Waals surface area contributed by atoms with Crippen LogP contribution in [0.2, 0.25) is 0 Å². The Morgan fingerprint density at radius 2 is 2.40 bits per heavy atom. The number of fused-ring (bicyclic) bond motifs is 1. The van der Waals surface area contributed by atoms with Gasteiger partial charge < -0.3 is 20.8 Å². The number of aliphatic hydroxyl groups is 1. The molecular formula is C12H17N3O4S. The first-order valence-electron chi connectivity index (χ1n) is 6.29. The van der Waals surface area contributed by atoms with Crippen molar-refractivity contribution >= 4 is 30.0 Å². The minimum absolute atomic E-state index is 0.0543. The van der Waals surface area contributed by atoms with Crippen LogP contribution in [-0.2, 0) is 9.59 Å². The number of β-lactam (4-membered cyclic amide) rings is 1. The Balaban J connectivity index is 2.11. The smallest absolute Gasteiger partial charge is 0.353 e. The van der Waals surface area contributed by atoms with Crippen molar-refractivity contribution in [3.8, 4) is 0 Å². The molecule has 2 aliphatic rings. The number of hydrogen-bond donors (Lipinski definition) is 3. The third-order valence-corrected chi connectivity index (χ3v) is 4.59. The molecule has 3 atom stereocenters. The highest BCUT2D eigenvalue weighted by Crippen LogP contribution is 2.46. The van der Waals surface area contributed by atoms with Crippen LogP contribution in [0.4, 0.5) is 0 Å². The van der Waals surface area contributed by atoms with E-state index >= 15 is 0 Å². The van der Waals surface area contributed by atoms with Crippen LogP contribution in [0.3, 0.4) is 0 Å². The second-order valence-electron chi connectivity index (χ2n) is 4.73. The van der Waals surface area contributed by atoms with Gasteiger partial charge in [0, 0.05) is 17.1 Å². The molecule has 1 amide bonds. The Kier molecular flexibility index (Phi) is 4.34. The fraction of sp³-hybridized carbons (Fsp3) is 0.583. The number of aliphatic hydroxyl groups excluding tert-OH is 1. The Labute approximate surface area is 120 Å². The van der Waals surface area contributed by atoms with Crippen LogP contribution in [-0.4, -0.2) is 57.8 Å². The van der Waals surface area contributed by atoms with Crippen LogP contribution >= 0.6 is 11.8 Å². The predicted molar refractivity (Wildman–Crippen MR) is 75.1 cm³/mol. The number of nitrogens with zero attached hydrogens (tertiary/aromatic N) is 2. The summed E-state index contributed by atoms with van der Waals surface area (Å²) in [5.41, 5.74) is 5.19. The van der Waals surface area contributed by atoms with Gasteiger partial charge in [0.2, 0.25) is 5.91 Å². The summed E-state index contributed by atoms with van der Waals surface area (Å²) in [6, 6.07) is -0.228. The van der Waals surface area contributed by atoms with Gasteiger partial charge in [0.25, 0.3) is 0 Å². The van der Waals surface area contributed by atoms with Crippen molar-refractivity contribution in [2.45, 2.75) is 25.5 Å². The topological polar surface area (TPSA) is 116 Å². The average Bonchev–Trinajstić information content (AvgIpc) is 2.69. The van der Waals surface area contributed by atoms with Crippen LogP contribution in [0.1, 0.15) is 13.3 Å². The van der Waals surface area contributed by atoms with Crippen molar-refractivity contribution in [2.75, 3.05) is 12.3 Å². The van der Waals surface area contributed by atoms with Crippen molar-refractivity contribution in [3.05, 3.63) is 10.6 Å². The average molecular weight is 299 g/mol. The van der Waals surface area contributed by atoms with Crippen molar-refractivity contribution < 1.29 is 19.8 Å². The van der Waals surface area contributed by atoms with Gasteiger partial charge in [-0.2, -0.15) is 0 Å². The van der Waals surface area contributed by atoms with E-state index in [4.69, 9.17) is 5.73 Å². The number of amides is 1. The van der Waals surface area contributed by atoms with Gasteiger partial charge in [-0.05, 0) is 6.92 Å². The first-order chi connectivity index (χ1) is 9.49. The Morgan fingerprint density at radius 3 is 2.95 bits per heavy atom. The van der Waals surface area contributed by atoms with Crippen molar-refractivity contribution in [1.82, 2.24) is 4.90 Å². The van der Waals surface area contributed by atoms with Gasteiger partial charge in [-0.15, -0.1) is 11.8 Å². The zero-order chi connectivity index (χ0) is 14.9. The lowest BCUT2D eigenvalue weighted by Gasteiger charge is -2.44. The molecule has 1 fully saturated rings. The van der Waals surface area contributed by atoms with E-state index in [-0.39, 0.29) is 17.6 Å². The summed E-state index contributed by atoms with van der Waals surface area (Å²) in [6.07, 6.45) is 0.937. The quantitative estimate of drug-likeness (QED) is 0.266. The zero-order valence-corrected chi connectivity index (χ0v) is 11.8. The fourth-order valence-corrected chi connectivity index (χ4v) is 3.71. The van der Waals surface area contributed by atoms with E-state index in [2.05, 4.69) is 4.99 Å². The van der Waals surface area contributed by atoms with E-state index in [1.807, 2.05) is 0 Å². The summed E-state index contributed by atoms with van der Waals surface area (Å²) in [4.78, 5) is 29.1. The van der Waals surface area contributed by atoms with Gasteiger partial charge in [-0.3, -0.25) is 9.79 Å². The molecule has 0 aromatic rings. The second kappa shape index (κ2) is 5.84. The minimum atomic E-state index is -1.10. The lowest BCUT2D eigenvalue weighted by Crippen LogP contribution is -2.61. The van der Waals surface area contributed by atoms with E-state index in [1.165, 1.54) is 23.0 Å². The fourth-order valence-electron chi connectivity index (χ4n) is 2.66. The summed E-state index contributed by atoms with van der Waals surface area (Å²) in [5, 5.41) is 18.9. The first kappa shape index (κ1) is 14.9. The summed E-state index contributed by atoms with van der Waals surface area (Å²) in [7, 11) is 0. The Bertz CT molecular complexity index is 489. The van der Waals surface area contributed by atoms with Gasteiger partial charge in [-0.25, -0.2) is 4.79 Å². The van der Waals surface area contributed by atoms with Gasteiger partial charge in [0.15, 0.2) is 0 Å². The van der Waals surface area contributed by atoms with E-state index in [0.29, 0.717) is 23.6 Å². The molecule has 7 nitrogen and oxygen atoms in total. The highest BCUT2D eigenvalue weighted by molar-refractivity contribution is 8.03. The summed E-state index contributed by atoms with van der Waals surface area (Å²) in [5.74, 6) is -1.30. The van der Waals surface area contributed by atoms with Gasteiger partial charge in [0.1, 0.15) is 5.70 Å². The number of aliphatic imine (C=N–C) groups is 1. The SMILES string of the molecule is C[C@H](O)[C@H]1C(=O)N2C(C(=O)O)=C(SCCN=CN)C[C@H]12. The molecule has 0 unspecified atom stereocenters. The maximum Gasteiger partial charge on any atom is 0.353 e. The van der Waals surface area contributed by atoms with Crippen LogP contribution in [0.25, 0.3) is 0 Å². The normalized spacial score (nSPS) is 26.9. The number of thioether (sulfide) groups is 1. The standard InChI is InChI=1S/C12H17N3O4S/c1-6(16)9-7-4-8(20-3-2-14-5-13)10(12(18)19)15(7)11(9)17/h5-7,9,16H,2-4H2,1H3,(H2,13,14)(H,18,19)/t6-,7+,9+/m0/s1. The van der Waals surface area contributed by atoms with Gasteiger partial charge in [-0.1, -0.05) is 0 Å². The molecule has 20 heavy (non-hydrogen) atoms. The Hall–Kier alpha value is -1.54. The molecule has 0 bridgehead atoms. The third-order valence-electron chi connectivity index (χ3n) is 3.49. The number of carboxylic acids is 1. The molecule has 0 aromatic heterocycles. The van der Waals surface area contributed by atoms with E-state index in [1.54, 1.807) is 6.92 Å². The zero-order valence-electron chi connectivity index (χ0n) is 11.0. The van der Waals surface area contributed by atoms with E-state index in [0.717, 1.165) is 0 Å². The number of rotatable bonds is 6. The largest absolute Gasteiger partial charge is 0.477 e. The minimum Gasteiger partial charge on any atom is -0.477 e. The van der Waals surface area contributed by atoms with Crippen LogP contribution in [0, 0.1) is 5.92 Å². The van der Waals surface area contributed by atoms with Crippen molar-refractivity contribution in [2.24, 2.45) is 16.6 Å². The lowest BCUT2D eigenvalue weighted by atomic mass is 9.83. The molecule has 0 aromatic carbocycles. The number of hydrogen-bond acceptors (Lipinski definition) is 5. The van der Waals surface area contributed by atoms with Crippen LogP contribution in [0.5, 0.6) is 0 Å². The molecule has 1 saturated heterocycles. The van der Waals surface area contributed by atoms with Gasteiger partial charge in [0.05, 0.1) is 30.9 Å². The van der Waals surface area contributed by atoms with E-state index < -0.39 is 18.0 Å². The molecule has 110 valence electrons.